The summed E-state index contributed by atoms with van der Waals surface area (Å²) in [5.41, 5.74) is 0. The van der Waals surface area contributed by atoms with Gasteiger partial charge >= 0.3 is 0 Å². The SMILES string of the molecule is CO[C@H]1[C@H](O)[C@@H](NC(C)=O)[C@@H](O[C@@H]2[C@H](O)[C@@H](NC(C)=O)[C@@H](O[C@H]3[C@@H](O)[C@@H](CO)O[C@@H](O[C@H]4[C@H](O)[C@@H](O)[C@H](O)O[C@@H]4CO)[C@@H]3O[C@H]3O[C@H](CO)[C@H](O)[C@H](O)[C@H]3O)O[C@@H]2CO)O[C@@H]1CO. The fraction of sp³-hybridized carbons (Fsp3) is 0.943. The highest BCUT2D eigenvalue weighted by Crippen LogP contribution is 2.37. The third kappa shape index (κ3) is 11.2. The van der Waals surface area contributed by atoms with Crippen molar-refractivity contribution in [1.82, 2.24) is 10.6 Å². The smallest absolute Gasteiger partial charge is 0.217 e. The summed E-state index contributed by atoms with van der Waals surface area (Å²) in [4.78, 5) is 24.8. The number of ether oxygens (including phenoxy) is 10. The van der Waals surface area contributed by atoms with E-state index < -0.39 is 198 Å². The molecule has 0 radical (unpaired) electrons. The Labute approximate surface area is 358 Å². The fourth-order valence-corrected chi connectivity index (χ4v) is 8.09. The van der Waals surface area contributed by atoms with Gasteiger partial charge in [0, 0.05) is 21.0 Å². The summed E-state index contributed by atoms with van der Waals surface area (Å²) in [6.45, 7) is -2.43. The molecule has 2 amide bonds. The molecule has 366 valence electrons. The van der Waals surface area contributed by atoms with E-state index in [4.69, 9.17) is 47.4 Å². The normalized spacial score (nSPS) is 48.4. The zero-order chi connectivity index (χ0) is 46.6. The van der Waals surface area contributed by atoms with E-state index in [1.165, 1.54) is 7.11 Å². The molecule has 63 heavy (non-hydrogen) atoms. The van der Waals surface area contributed by atoms with Crippen LogP contribution in [-0.2, 0) is 57.0 Å². The second kappa shape index (κ2) is 22.6. The quantitative estimate of drug-likeness (QED) is 0.0683. The second-order valence-electron chi connectivity index (χ2n) is 15.6. The maximum absolute atomic E-state index is 12.6. The number of hydrogen-bond acceptors (Lipinski definition) is 26. The van der Waals surface area contributed by atoms with Gasteiger partial charge in [-0.1, -0.05) is 0 Å². The Hall–Kier alpha value is -2.02. The molecule has 5 heterocycles. The molecule has 16 N–H and O–H groups in total. The lowest BCUT2D eigenvalue weighted by Crippen LogP contribution is -2.71. The Kier molecular flexibility index (Phi) is 18.7. The number of rotatable bonds is 16. The molecule has 0 aromatic rings. The van der Waals surface area contributed by atoms with Crippen LogP contribution in [0.2, 0.25) is 0 Å². The van der Waals surface area contributed by atoms with Gasteiger partial charge in [-0.15, -0.1) is 0 Å². The van der Waals surface area contributed by atoms with E-state index in [2.05, 4.69) is 10.6 Å². The molecule has 28 heteroatoms. The Morgan fingerprint density at radius 2 is 0.810 bits per heavy atom. The molecule has 5 saturated heterocycles. The topological polar surface area (TPSA) is 434 Å². The summed E-state index contributed by atoms with van der Waals surface area (Å²) < 4.78 is 57.6. The zero-order valence-electron chi connectivity index (χ0n) is 34.1. The number of nitrogens with one attached hydrogen (secondary N) is 2. The lowest BCUT2D eigenvalue weighted by Gasteiger charge is -2.51. The lowest BCUT2D eigenvalue weighted by atomic mass is 9.93. The summed E-state index contributed by atoms with van der Waals surface area (Å²) in [5, 5.41) is 154. The van der Waals surface area contributed by atoms with Crippen molar-refractivity contribution in [3.8, 4) is 0 Å². The highest BCUT2D eigenvalue weighted by Gasteiger charge is 2.58. The van der Waals surface area contributed by atoms with E-state index in [0.29, 0.717) is 0 Å². The molecule has 25 atom stereocenters. The molecule has 0 unspecified atom stereocenters. The molecular weight excluding hydrogens is 864 g/mol. The first-order valence-corrected chi connectivity index (χ1v) is 20.0. The van der Waals surface area contributed by atoms with Crippen LogP contribution >= 0.6 is 0 Å². The van der Waals surface area contributed by atoms with Crippen LogP contribution in [0.25, 0.3) is 0 Å². The van der Waals surface area contributed by atoms with Crippen LogP contribution in [0.3, 0.4) is 0 Å². The van der Waals surface area contributed by atoms with Crippen molar-refractivity contribution < 1.29 is 128 Å². The monoisotopic (exact) mass is 924 g/mol. The number of hydrogen-bond donors (Lipinski definition) is 16. The van der Waals surface area contributed by atoms with Crippen molar-refractivity contribution in [1.29, 1.82) is 0 Å². The van der Waals surface area contributed by atoms with Crippen LogP contribution in [0.15, 0.2) is 0 Å². The number of aliphatic hydroxyl groups excluding tert-OH is 14. The average Bonchev–Trinajstić information content (AvgIpc) is 3.25. The van der Waals surface area contributed by atoms with Gasteiger partial charge in [-0.3, -0.25) is 9.59 Å². The summed E-state index contributed by atoms with van der Waals surface area (Å²) in [5.74, 6) is -1.48. The molecule has 5 aliphatic rings. The van der Waals surface area contributed by atoms with Crippen LogP contribution in [-0.4, -0.2) is 277 Å². The van der Waals surface area contributed by atoms with Crippen molar-refractivity contribution in [2.45, 2.75) is 167 Å². The number of carbonyl (C=O) groups is 2. The van der Waals surface area contributed by atoms with Crippen LogP contribution < -0.4 is 10.6 Å². The van der Waals surface area contributed by atoms with Crippen LogP contribution in [0, 0.1) is 0 Å². The highest BCUT2D eigenvalue weighted by atomic mass is 16.8. The second-order valence-corrected chi connectivity index (χ2v) is 15.6. The van der Waals surface area contributed by atoms with Crippen LogP contribution in [0.4, 0.5) is 0 Å². The van der Waals surface area contributed by atoms with Gasteiger partial charge in [-0.25, -0.2) is 0 Å². The minimum atomic E-state index is -2.12. The lowest BCUT2D eigenvalue weighted by molar-refractivity contribution is -0.403. The molecule has 5 aliphatic heterocycles. The Balaban J connectivity index is 1.52. The fourth-order valence-electron chi connectivity index (χ4n) is 8.09. The van der Waals surface area contributed by atoms with E-state index in [1.54, 1.807) is 0 Å². The van der Waals surface area contributed by atoms with Crippen LogP contribution in [0.5, 0.6) is 0 Å². The van der Waals surface area contributed by atoms with Gasteiger partial charge in [-0.05, 0) is 0 Å². The molecule has 5 rings (SSSR count). The predicted octanol–water partition coefficient (Wildman–Crippen LogP) is -11.0. The van der Waals surface area contributed by atoms with Crippen molar-refractivity contribution in [3.63, 3.8) is 0 Å². The van der Waals surface area contributed by atoms with Crippen molar-refractivity contribution in [2.75, 3.05) is 40.1 Å². The van der Waals surface area contributed by atoms with Crippen molar-refractivity contribution in [3.05, 3.63) is 0 Å². The van der Waals surface area contributed by atoms with E-state index in [1.807, 2.05) is 0 Å². The molecule has 0 saturated carbocycles. The summed E-state index contributed by atoms with van der Waals surface area (Å²) >= 11 is 0. The van der Waals surface area contributed by atoms with Crippen LogP contribution in [0.1, 0.15) is 13.8 Å². The third-order valence-corrected chi connectivity index (χ3v) is 11.4. The maximum Gasteiger partial charge on any atom is 0.217 e. The van der Waals surface area contributed by atoms with E-state index >= 15 is 0 Å². The van der Waals surface area contributed by atoms with Gasteiger partial charge in [0.05, 0.1) is 33.0 Å². The highest BCUT2D eigenvalue weighted by molar-refractivity contribution is 5.73. The first-order chi connectivity index (χ1) is 29.8. The van der Waals surface area contributed by atoms with Crippen molar-refractivity contribution in [2.24, 2.45) is 0 Å². The number of amides is 2. The van der Waals surface area contributed by atoms with Gasteiger partial charge in [0.1, 0.15) is 122 Å². The average molecular weight is 925 g/mol. The zero-order valence-corrected chi connectivity index (χ0v) is 34.1. The van der Waals surface area contributed by atoms with Gasteiger partial charge in [0.15, 0.2) is 31.5 Å². The molecule has 28 nitrogen and oxygen atoms in total. The standard InChI is InChI=1S/C35H60N2O26/c1-9(43)36-16-20(47)26(54-3)13(6-40)58-32(16)60-27-15(8-42)59-33(17(21(27)48)37-10(2)44)62-29-19(46)12(5-39)57-35(61-28-14(7-41)55-31(53)24(51)23(28)50)30(29)63-34-25(52)22(49)18(45)11(4-38)56-34/h11-35,38-42,45-53H,4-8H2,1-3H3,(H,36,43)(H,37,44)/t11-,12-,13-,14-,15-,16-,17-,18+,19+,20-,21-,22+,23-,24-,25-,26-,27+,28-,29+,30-,31-,32-,33-,34-,35+/m1/s1. The molecule has 0 aliphatic carbocycles. The number of aliphatic hydroxyl groups is 14. The van der Waals surface area contributed by atoms with Crippen molar-refractivity contribution >= 4 is 11.8 Å². The molecular formula is C35H60N2O26. The van der Waals surface area contributed by atoms with Gasteiger partial charge in [0.25, 0.3) is 0 Å². The Bertz CT molecular complexity index is 1450. The number of carbonyl (C=O) groups excluding carboxylic acids is 2. The third-order valence-electron chi connectivity index (χ3n) is 11.4. The van der Waals surface area contributed by atoms with E-state index in [9.17, 15) is 81.1 Å². The van der Waals surface area contributed by atoms with E-state index in [-0.39, 0.29) is 0 Å². The Morgan fingerprint density at radius 3 is 1.32 bits per heavy atom. The van der Waals surface area contributed by atoms with E-state index in [0.717, 1.165) is 13.8 Å². The summed E-state index contributed by atoms with van der Waals surface area (Å²) in [6, 6.07) is -3.16. The molecule has 0 spiro atoms. The molecule has 0 aromatic carbocycles. The van der Waals surface area contributed by atoms with Gasteiger partial charge in [-0.2, -0.15) is 0 Å². The van der Waals surface area contributed by atoms with Gasteiger partial charge < -0.3 is 129 Å². The van der Waals surface area contributed by atoms with Gasteiger partial charge in [0.2, 0.25) is 11.8 Å². The minimum absolute atomic E-state index is 0.664. The maximum atomic E-state index is 12.6. The summed E-state index contributed by atoms with van der Waals surface area (Å²) in [7, 11) is 1.21. The minimum Gasteiger partial charge on any atom is -0.394 e. The number of methoxy groups -OCH3 is 1. The predicted molar refractivity (Wildman–Crippen MR) is 195 cm³/mol. The Morgan fingerprint density at radius 1 is 0.413 bits per heavy atom. The largest absolute Gasteiger partial charge is 0.394 e. The first-order valence-electron chi connectivity index (χ1n) is 20.0. The molecule has 0 aromatic heterocycles. The molecule has 0 bridgehead atoms. The molecule has 5 fully saturated rings. The summed E-state index contributed by atoms with van der Waals surface area (Å²) in [6.07, 6.45) is -42.0. The first kappa shape index (κ1) is 52.0.